The quantitative estimate of drug-likeness (QED) is 0.506. The molecule has 1 amide bonds. The van der Waals surface area contributed by atoms with Gasteiger partial charge in [0.2, 0.25) is 0 Å². The Balaban J connectivity index is 1.96. The van der Waals surface area contributed by atoms with Gasteiger partial charge in [-0.15, -0.1) is 0 Å². The number of hydrogen-bond donors (Lipinski definition) is 2. The summed E-state index contributed by atoms with van der Waals surface area (Å²) in [5.74, 6) is -0.203. The lowest BCUT2D eigenvalue weighted by Crippen LogP contribution is -2.25. The number of rotatable bonds is 9. The Bertz CT molecular complexity index is 879. The monoisotopic (exact) mass is 386 g/mol. The highest BCUT2D eigenvalue weighted by Gasteiger charge is 2.10. The van der Waals surface area contributed by atoms with E-state index in [1.165, 1.54) is 7.11 Å². The molecule has 148 valence electrons. The van der Waals surface area contributed by atoms with Gasteiger partial charge in [0.25, 0.3) is 5.91 Å². The third-order valence-corrected chi connectivity index (χ3v) is 3.64. The second-order valence-corrected chi connectivity index (χ2v) is 5.89. The molecular weight excluding hydrogens is 364 g/mol. The SMILES string of the molecule is COc1cc(/C(C)=N\NC(=O)COc2cccc(C)c2)ccc1OCC(=O)O. The number of nitrogens with zero attached hydrogens (tertiary/aromatic N) is 1. The average Bonchev–Trinajstić information content (AvgIpc) is 2.68. The molecule has 0 aromatic heterocycles. The Kier molecular flexibility index (Phi) is 7.38. The van der Waals surface area contributed by atoms with Crippen LogP contribution in [0.15, 0.2) is 47.6 Å². The molecule has 0 bridgehead atoms. The first-order chi connectivity index (χ1) is 13.4. The lowest BCUT2D eigenvalue weighted by atomic mass is 10.1. The molecule has 0 spiro atoms. The highest BCUT2D eigenvalue weighted by Crippen LogP contribution is 2.28. The first-order valence-corrected chi connectivity index (χ1v) is 8.44. The third kappa shape index (κ3) is 6.31. The zero-order chi connectivity index (χ0) is 20.5. The minimum atomic E-state index is -1.08. The van der Waals surface area contributed by atoms with E-state index in [-0.39, 0.29) is 6.61 Å². The fourth-order valence-electron chi connectivity index (χ4n) is 2.25. The van der Waals surface area contributed by atoms with Crippen molar-refractivity contribution in [1.29, 1.82) is 0 Å². The van der Waals surface area contributed by atoms with Crippen LogP contribution in [0.25, 0.3) is 0 Å². The van der Waals surface area contributed by atoms with E-state index in [1.54, 1.807) is 31.2 Å². The summed E-state index contributed by atoms with van der Waals surface area (Å²) in [6.45, 7) is 3.02. The van der Waals surface area contributed by atoms with Gasteiger partial charge in [-0.3, -0.25) is 4.79 Å². The number of carbonyl (C=O) groups is 2. The summed E-state index contributed by atoms with van der Waals surface area (Å²) >= 11 is 0. The van der Waals surface area contributed by atoms with Gasteiger partial charge in [0.15, 0.2) is 24.7 Å². The van der Waals surface area contributed by atoms with Gasteiger partial charge >= 0.3 is 5.97 Å². The number of carbonyl (C=O) groups excluding carboxylic acids is 1. The van der Waals surface area contributed by atoms with Gasteiger partial charge in [-0.2, -0.15) is 5.10 Å². The first kappa shape index (κ1) is 20.8. The highest BCUT2D eigenvalue weighted by atomic mass is 16.5. The van der Waals surface area contributed by atoms with Crippen molar-refractivity contribution >= 4 is 17.6 Å². The van der Waals surface area contributed by atoms with E-state index in [0.29, 0.717) is 28.5 Å². The molecule has 2 aromatic carbocycles. The molecule has 0 unspecified atom stereocenters. The summed E-state index contributed by atoms with van der Waals surface area (Å²) in [6.07, 6.45) is 0. The van der Waals surface area contributed by atoms with Gasteiger partial charge in [-0.25, -0.2) is 10.2 Å². The maximum absolute atomic E-state index is 11.9. The Morgan fingerprint density at radius 2 is 1.86 bits per heavy atom. The highest BCUT2D eigenvalue weighted by molar-refractivity contribution is 5.99. The van der Waals surface area contributed by atoms with Crippen molar-refractivity contribution in [2.24, 2.45) is 5.10 Å². The minimum absolute atomic E-state index is 0.161. The van der Waals surface area contributed by atoms with Crippen molar-refractivity contribution in [3.05, 3.63) is 53.6 Å². The Hall–Kier alpha value is -3.55. The molecule has 8 nitrogen and oxygen atoms in total. The molecule has 0 saturated carbocycles. The summed E-state index contributed by atoms with van der Waals surface area (Å²) in [4.78, 5) is 22.5. The van der Waals surface area contributed by atoms with Crippen LogP contribution < -0.4 is 19.6 Å². The molecule has 0 fully saturated rings. The second-order valence-electron chi connectivity index (χ2n) is 5.89. The summed E-state index contributed by atoms with van der Waals surface area (Å²) in [5, 5.41) is 12.7. The van der Waals surface area contributed by atoms with Crippen LogP contribution in [-0.4, -0.2) is 43.0 Å². The number of nitrogens with one attached hydrogen (secondary N) is 1. The van der Waals surface area contributed by atoms with E-state index < -0.39 is 18.5 Å². The summed E-state index contributed by atoms with van der Waals surface area (Å²) in [5.41, 5.74) is 4.68. The predicted octanol–water partition coefficient (Wildman–Crippen LogP) is 2.39. The van der Waals surface area contributed by atoms with Gasteiger partial charge < -0.3 is 19.3 Å². The topological polar surface area (TPSA) is 106 Å². The summed E-state index contributed by atoms with van der Waals surface area (Å²) < 4.78 is 15.8. The lowest BCUT2D eigenvalue weighted by molar-refractivity contribution is -0.139. The molecule has 28 heavy (non-hydrogen) atoms. The molecule has 0 aliphatic heterocycles. The predicted molar refractivity (Wildman–Crippen MR) is 103 cm³/mol. The molecule has 0 aliphatic rings. The van der Waals surface area contributed by atoms with Crippen molar-refractivity contribution in [2.75, 3.05) is 20.3 Å². The maximum Gasteiger partial charge on any atom is 0.341 e. The van der Waals surface area contributed by atoms with Gasteiger partial charge in [-0.1, -0.05) is 12.1 Å². The van der Waals surface area contributed by atoms with Crippen LogP contribution in [0.2, 0.25) is 0 Å². The molecule has 0 aliphatic carbocycles. The molecule has 0 atom stereocenters. The Morgan fingerprint density at radius 1 is 1.07 bits per heavy atom. The van der Waals surface area contributed by atoms with Crippen molar-refractivity contribution in [3.63, 3.8) is 0 Å². The van der Waals surface area contributed by atoms with Crippen molar-refractivity contribution in [1.82, 2.24) is 5.43 Å². The van der Waals surface area contributed by atoms with Crippen LogP contribution in [0, 0.1) is 6.92 Å². The van der Waals surface area contributed by atoms with Gasteiger partial charge in [0, 0.05) is 5.56 Å². The fraction of sp³-hybridized carbons (Fsp3) is 0.250. The second kappa shape index (κ2) is 9.96. The number of hydrogen-bond acceptors (Lipinski definition) is 6. The number of aryl methyl sites for hydroxylation is 1. The normalized spacial score (nSPS) is 10.9. The van der Waals surface area contributed by atoms with E-state index >= 15 is 0 Å². The average molecular weight is 386 g/mol. The number of amides is 1. The van der Waals surface area contributed by atoms with E-state index in [2.05, 4.69) is 10.5 Å². The number of carboxylic acid groups (broad SMARTS) is 1. The molecule has 0 radical (unpaired) electrons. The molecule has 8 heteroatoms. The van der Waals surface area contributed by atoms with Crippen molar-refractivity contribution in [3.8, 4) is 17.2 Å². The summed E-state index contributed by atoms with van der Waals surface area (Å²) in [7, 11) is 1.45. The number of aliphatic carboxylic acids is 1. The first-order valence-electron chi connectivity index (χ1n) is 8.44. The van der Waals surface area contributed by atoms with Crippen LogP contribution >= 0.6 is 0 Å². The molecule has 2 rings (SSSR count). The zero-order valence-corrected chi connectivity index (χ0v) is 15.9. The van der Waals surface area contributed by atoms with E-state index in [4.69, 9.17) is 19.3 Å². The van der Waals surface area contributed by atoms with Crippen LogP contribution in [0.4, 0.5) is 0 Å². The van der Waals surface area contributed by atoms with Crippen LogP contribution in [0.3, 0.4) is 0 Å². The van der Waals surface area contributed by atoms with E-state index in [9.17, 15) is 9.59 Å². The largest absolute Gasteiger partial charge is 0.493 e. The van der Waals surface area contributed by atoms with E-state index in [0.717, 1.165) is 5.56 Å². The van der Waals surface area contributed by atoms with Gasteiger partial charge in [0.1, 0.15) is 5.75 Å². The molecule has 2 N–H and O–H groups in total. The smallest absolute Gasteiger partial charge is 0.341 e. The number of benzene rings is 2. The minimum Gasteiger partial charge on any atom is -0.493 e. The van der Waals surface area contributed by atoms with Crippen molar-refractivity contribution < 1.29 is 28.9 Å². The molecule has 2 aromatic rings. The molecule has 0 heterocycles. The standard InChI is InChI=1S/C20H22N2O6/c1-13-5-4-6-16(9-13)27-11-19(23)22-21-14(2)15-7-8-17(18(10-15)26-3)28-12-20(24)25/h4-10H,11-12H2,1-3H3,(H,22,23)(H,24,25)/b21-14-. The Morgan fingerprint density at radius 3 is 2.54 bits per heavy atom. The number of ether oxygens (including phenoxy) is 3. The third-order valence-electron chi connectivity index (χ3n) is 3.64. The number of hydrazone groups is 1. The lowest BCUT2D eigenvalue weighted by Gasteiger charge is -2.11. The van der Waals surface area contributed by atoms with Crippen molar-refractivity contribution in [2.45, 2.75) is 13.8 Å². The van der Waals surface area contributed by atoms with Gasteiger partial charge in [-0.05, 0) is 49.7 Å². The molecule has 0 saturated heterocycles. The maximum atomic E-state index is 11.9. The summed E-state index contributed by atoms with van der Waals surface area (Å²) in [6, 6.07) is 12.3. The van der Waals surface area contributed by atoms with Gasteiger partial charge in [0.05, 0.1) is 12.8 Å². The zero-order valence-electron chi connectivity index (χ0n) is 15.9. The number of methoxy groups -OCH3 is 1. The Labute approximate surface area is 162 Å². The van der Waals surface area contributed by atoms with Crippen LogP contribution in [0.5, 0.6) is 17.2 Å². The fourth-order valence-corrected chi connectivity index (χ4v) is 2.25. The molecular formula is C20H22N2O6. The number of carboxylic acids is 1. The van der Waals surface area contributed by atoms with E-state index in [1.807, 2.05) is 25.1 Å². The van der Waals surface area contributed by atoms with Crippen LogP contribution in [0.1, 0.15) is 18.1 Å². The van der Waals surface area contributed by atoms with Crippen LogP contribution in [-0.2, 0) is 9.59 Å².